The smallest absolute Gasteiger partial charge is 0.222 e. The van der Waals surface area contributed by atoms with Gasteiger partial charge in [0.2, 0.25) is 5.79 Å². The average molecular weight is 268 g/mol. The van der Waals surface area contributed by atoms with Crippen molar-refractivity contribution in [2.45, 2.75) is 18.3 Å². The van der Waals surface area contributed by atoms with Crippen molar-refractivity contribution >= 4 is 6.29 Å². The summed E-state index contributed by atoms with van der Waals surface area (Å²) < 4.78 is 12.1. The van der Waals surface area contributed by atoms with Crippen molar-refractivity contribution in [3.05, 3.63) is 71.8 Å². The first kappa shape index (κ1) is 13.0. The number of benzene rings is 2. The molecular weight excluding hydrogens is 252 g/mol. The van der Waals surface area contributed by atoms with E-state index in [4.69, 9.17) is 9.47 Å². The number of carbonyl (C=O) groups excluding carboxylic acids is 1. The summed E-state index contributed by atoms with van der Waals surface area (Å²) >= 11 is 0. The zero-order valence-electron chi connectivity index (χ0n) is 11.1. The molecule has 1 saturated heterocycles. The molecule has 1 heterocycles. The van der Waals surface area contributed by atoms with Gasteiger partial charge in [0.25, 0.3) is 0 Å². The molecule has 0 saturated carbocycles. The summed E-state index contributed by atoms with van der Waals surface area (Å²) in [5.41, 5.74) is 1.89. The lowest BCUT2D eigenvalue weighted by atomic mass is 9.97. The van der Waals surface area contributed by atoms with Gasteiger partial charge in [-0.3, -0.25) is 0 Å². The summed E-state index contributed by atoms with van der Waals surface area (Å²) in [6, 6.07) is 19.7. The quantitative estimate of drug-likeness (QED) is 0.800. The molecule has 3 nitrogen and oxygen atoms in total. The fraction of sp³-hybridized carbons (Fsp3) is 0.235. The summed E-state index contributed by atoms with van der Waals surface area (Å²) in [4.78, 5) is 10.7. The zero-order valence-corrected chi connectivity index (χ0v) is 11.1. The van der Waals surface area contributed by atoms with Crippen molar-refractivity contribution in [1.82, 2.24) is 0 Å². The predicted molar refractivity (Wildman–Crippen MR) is 75.2 cm³/mol. The van der Waals surface area contributed by atoms with Gasteiger partial charge in [-0.2, -0.15) is 0 Å². The van der Waals surface area contributed by atoms with Crippen molar-refractivity contribution in [3.63, 3.8) is 0 Å². The maximum atomic E-state index is 10.7. The molecule has 0 aliphatic carbocycles. The lowest BCUT2D eigenvalue weighted by molar-refractivity contribution is -0.144. The van der Waals surface area contributed by atoms with Crippen LogP contribution in [0.2, 0.25) is 0 Å². The SMILES string of the molecule is O=CCC1COC(c2ccccc2)(c2ccccc2)O1. The van der Waals surface area contributed by atoms with Crippen LogP contribution in [-0.2, 0) is 20.1 Å². The highest BCUT2D eigenvalue weighted by Crippen LogP contribution is 2.40. The van der Waals surface area contributed by atoms with Gasteiger partial charge in [0.1, 0.15) is 6.29 Å². The van der Waals surface area contributed by atoms with Crippen LogP contribution in [0.15, 0.2) is 60.7 Å². The van der Waals surface area contributed by atoms with Crippen molar-refractivity contribution in [2.75, 3.05) is 6.61 Å². The lowest BCUT2D eigenvalue weighted by Gasteiger charge is -2.29. The third-order valence-corrected chi connectivity index (χ3v) is 3.47. The van der Waals surface area contributed by atoms with Crippen LogP contribution in [0.5, 0.6) is 0 Å². The Labute approximate surface area is 118 Å². The van der Waals surface area contributed by atoms with E-state index in [2.05, 4.69) is 0 Å². The van der Waals surface area contributed by atoms with E-state index in [1.165, 1.54) is 0 Å². The largest absolute Gasteiger partial charge is 0.339 e. The Morgan fingerprint density at radius 1 is 1.00 bits per heavy atom. The fourth-order valence-electron chi connectivity index (χ4n) is 2.52. The Bertz CT molecular complexity index is 526. The monoisotopic (exact) mass is 268 g/mol. The van der Waals surface area contributed by atoms with E-state index in [9.17, 15) is 4.79 Å². The van der Waals surface area contributed by atoms with Crippen LogP contribution in [0.1, 0.15) is 17.5 Å². The molecule has 3 rings (SSSR count). The van der Waals surface area contributed by atoms with Gasteiger partial charge in [0, 0.05) is 17.5 Å². The lowest BCUT2D eigenvalue weighted by Crippen LogP contribution is -2.29. The van der Waals surface area contributed by atoms with Crippen molar-refractivity contribution in [2.24, 2.45) is 0 Å². The second kappa shape index (κ2) is 5.57. The Hall–Kier alpha value is -1.97. The maximum Gasteiger partial charge on any atom is 0.222 e. The first-order valence-electron chi connectivity index (χ1n) is 6.71. The Morgan fingerprint density at radius 2 is 1.55 bits per heavy atom. The van der Waals surface area contributed by atoms with Gasteiger partial charge in [-0.1, -0.05) is 60.7 Å². The summed E-state index contributed by atoms with van der Waals surface area (Å²) in [5.74, 6) is -0.907. The van der Waals surface area contributed by atoms with E-state index < -0.39 is 5.79 Å². The number of carbonyl (C=O) groups is 1. The van der Waals surface area contributed by atoms with Gasteiger partial charge in [-0.05, 0) is 0 Å². The van der Waals surface area contributed by atoms with Crippen LogP contribution < -0.4 is 0 Å². The number of ether oxygens (including phenoxy) is 2. The minimum atomic E-state index is -0.907. The van der Waals surface area contributed by atoms with E-state index in [1.54, 1.807) is 0 Å². The fourth-order valence-corrected chi connectivity index (χ4v) is 2.52. The number of hydrogen-bond acceptors (Lipinski definition) is 3. The van der Waals surface area contributed by atoms with Gasteiger partial charge in [-0.15, -0.1) is 0 Å². The van der Waals surface area contributed by atoms with Crippen LogP contribution in [0.3, 0.4) is 0 Å². The van der Waals surface area contributed by atoms with E-state index in [0.717, 1.165) is 17.4 Å². The second-order valence-corrected chi connectivity index (χ2v) is 4.80. The molecule has 3 heteroatoms. The van der Waals surface area contributed by atoms with E-state index >= 15 is 0 Å². The van der Waals surface area contributed by atoms with Crippen molar-refractivity contribution in [3.8, 4) is 0 Å². The molecule has 2 aromatic carbocycles. The van der Waals surface area contributed by atoms with Crippen molar-refractivity contribution < 1.29 is 14.3 Å². The maximum absolute atomic E-state index is 10.7. The Kier molecular flexibility index (Phi) is 3.63. The minimum absolute atomic E-state index is 0.201. The van der Waals surface area contributed by atoms with Crippen LogP contribution >= 0.6 is 0 Å². The minimum Gasteiger partial charge on any atom is -0.339 e. The highest BCUT2D eigenvalue weighted by Gasteiger charge is 2.44. The van der Waals surface area contributed by atoms with E-state index in [0.29, 0.717) is 13.0 Å². The molecule has 0 bridgehead atoms. The number of aldehydes is 1. The molecule has 2 aromatic rings. The van der Waals surface area contributed by atoms with Gasteiger partial charge >= 0.3 is 0 Å². The standard InChI is InChI=1S/C17H16O3/c18-12-11-16-13-19-17(20-16,14-7-3-1-4-8-14)15-9-5-2-6-10-15/h1-10,12,16H,11,13H2. The van der Waals surface area contributed by atoms with Crippen LogP contribution in [0, 0.1) is 0 Å². The molecule has 102 valence electrons. The van der Waals surface area contributed by atoms with Gasteiger partial charge < -0.3 is 14.3 Å². The van der Waals surface area contributed by atoms with Crippen LogP contribution in [0.4, 0.5) is 0 Å². The third kappa shape index (κ3) is 2.26. The molecule has 1 unspecified atom stereocenters. The third-order valence-electron chi connectivity index (χ3n) is 3.47. The van der Waals surface area contributed by atoms with Gasteiger partial charge in [0.15, 0.2) is 0 Å². The van der Waals surface area contributed by atoms with Gasteiger partial charge in [-0.25, -0.2) is 0 Å². The molecule has 0 aromatic heterocycles. The molecular formula is C17H16O3. The normalized spacial score (nSPS) is 20.7. The first-order valence-corrected chi connectivity index (χ1v) is 6.71. The van der Waals surface area contributed by atoms with Crippen molar-refractivity contribution in [1.29, 1.82) is 0 Å². The van der Waals surface area contributed by atoms with Crippen LogP contribution in [0.25, 0.3) is 0 Å². The van der Waals surface area contributed by atoms with Gasteiger partial charge in [0.05, 0.1) is 12.7 Å². The summed E-state index contributed by atoms with van der Waals surface area (Å²) in [6.07, 6.45) is 1.02. The summed E-state index contributed by atoms with van der Waals surface area (Å²) in [6.45, 7) is 0.419. The summed E-state index contributed by atoms with van der Waals surface area (Å²) in [7, 11) is 0. The summed E-state index contributed by atoms with van der Waals surface area (Å²) in [5, 5.41) is 0. The molecule has 0 N–H and O–H groups in total. The molecule has 1 fully saturated rings. The zero-order chi connectivity index (χ0) is 13.8. The molecule has 0 spiro atoms. The molecule has 0 radical (unpaired) electrons. The van der Waals surface area contributed by atoms with E-state index in [1.807, 2.05) is 60.7 Å². The average Bonchev–Trinajstić information content (AvgIpc) is 2.95. The Balaban J connectivity index is 2.03. The number of rotatable bonds is 4. The molecule has 1 aliphatic heterocycles. The second-order valence-electron chi connectivity index (χ2n) is 4.80. The molecule has 1 atom stereocenters. The molecule has 0 amide bonds. The predicted octanol–water partition coefficient (Wildman–Crippen LogP) is 2.89. The highest BCUT2D eigenvalue weighted by molar-refractivity contribution is 5.50. The van der Waals surface area contributed by atoms with Crippen LogP contribution in [-0.4, -0.2) is 19.0 Å². The number of hydrogen-bond donors (Lipinski definition) is 0. The van der Waals surface area contributed by atoms with E-state index in [-0.39, 0.29) is 6.10 Å². The first-order chi connectivity index (χ1) is 9.85. The molecule has 1 aliphatic rings. The highest BCUT2D eigenvalue weighted by atomic mass is 16.7. The Morgan fingerprint density at radius 3 is 2.05 bits per heavy atom. The molecule has 20 heavy (non-hydrogen) atoms. The topological polar surface area (TPSA) is 35.5 Å².